The van der Waals surface area contributed by atoms with Crippen molar-refractivity contribution in [2.45, 2.75) is 39.5 Å². The average Bonchev–Trinajstić information content (AvgIpc) is 3.16. The molecule has 19 heavy (non-hydrogen) atoms. The zero-order chi connectivity index (χ0) is 13.2. The van der Waals surface area contributed by atoms with Crippen molar-refractivity contribution in [2.75, 3.05) is 18.0 Å². The molecule has 3 nitrogen and oxygen atoms in total. The van der Waals surface area contributed by atoms with Crippen LogP contribution in [0.5, 0.6) is 0 Å². The predicted molar refractivity (Wildman–Crippen MR) is 79.8 cm³/mol. The first-order valence-electron chi connectivity index (χ1n) is 7.54. The maximum atomic E-state index is 4.74. The Kier molecular flexibility index (Phi) is 3.45. The molecule has 3 rings (SSSR count). The molecule has 3 heteroatoms. The molecule has 0 amide bonds. The summed E-state index contributed by atoms with van der Waals surface area (Å²) in [4.78, 5) is 2.57. The van der Waals surface area contributed by atoms with E-state index in [1.54, 1.807) is 0 Å². The Labute approximate surface area is 115 Å². The molecule has 2 heterocycles. The van der Waals surface area contributed by atoms with Gasteiger partial charge in [0.05, 0.1) is 16.9 Å². The lowest BCUT2D eigenvalue weighted by Crippen LogP contribution is -2.27. The Morgan fingerprint density at radius 2 is 2.16 bits per heavy atom. The zero-order valence-corrected chi connectivity index (χ0v) is 12.0. The molecule has 0 aliphatic heterocycles. The summed E-state index contributed by atoms with van der Waals surface area (Å²) in [5.41, 5.74) is 3.87. The van der Waals surface area contributed by atoms with Crippen LogP contribution >= 0.6 is 0 Å². The van der Waals surface area contributed by atoms with Crippen LogP contribution in [0.2, 0.25) is 0 Å². The molecule has 0 atom stereocenters. The van der Waals surface area contributed by atoms with Gasteiger partial charge in [-0.3, -0.25) is 0 Å². The smallest absolute Gasteiger partial charge is 0.0898 e. The van der Waals surface area contributed by atoms with Crippen LogP contribution < -0.4 is 4.90 Å². The van der Waals surface area contributed by atoms with Crippen LogP contribution in [0.1, 0.15) is 38.8 Å². The number of aromatic nitrogens is 2. The molecule has 2 aromatic rings. The largest absolute Gasteiger partial charge is 0.368 e. The van der Waals surface area contributed by atoms with Crippen molar-refractivity contribution in [2.24, 2.45) is 5.92 Å². The standard InChI is InChI=1S/C16H23N3/c1-3-10-18(12-13-8-9-13)16-14(4-2)17-19-11-6-5-7-15(16)19/h5-7,11,13H,3-4,8-10,12H2,1-2H3. The fourth-order valence-electron chi connectivity index (χ4n) is 2.79. The van der Waals surface area contributed by atoms with Crippen LogP contribution in [0.4, 0.5) is 5.69 Å². The number of anilines is 1. The fraction of sp³-hybridized carbons (Fsp3) is 0.562. The predicted octanol–water partition coefficient (Wildman–Crippen LogP) is 3.52. The summed E-state index contributed by atoms with van der Waals surface area (Å²) < 4.78 is 2.03. The number of nitrogens with zero attached hydrogens (tertiary/aromatic N) is 3. The number of rotatable bonds is 6. The van der Waals surface area contributed by atoms with E-state index in [4.69, 9.17) is 5.10 Å². The second-order valence-electron chi connectivity index (χ2n) is 5.57. The molecule has 0 radical (unpaired) electrons. The molecule has 1 fully saturated rings. The fourth-order valence-corrected chi connectivity index (χ4v) is 2.79. The van der Waals surface area contributed by atoms with Crippen LogP contribution in [0.15, 0.2) is 24.4 Å². The first-order chi connectivity index (χ1) is 9.33. The van der Waals surface area contributed by atoms with Crippen LogP contribution in [0.3, 0.4) is 0 Å². The highest BCUT2D eigenvalue weighted by atomic mass is 15.3. The summed E-state index contributed by atoms with van der Waals surface area (Å²) in [6.07, 6.45) is 7.06. The molecule has 0 bridgehead atoms. The summed E-state index contributed by atoms with van der Waals surface area (Å²) in [7, 11) is 0. The number of hydrogen-bond donors (Lipinski definition) is 0. The van der Waals surface area contributed by atoms with Crippen molar-refractivity contribution in [3.05, 3.63) is 30.1 Å². The van der Waals surface area contributed by atoms with Crippen molar-refractivity contribution < 1.29 is 0 Å². The Bertz CT molecular complexity index is 554. The van der Waals surface area contributed by atoms with Crippen LogP contribution in [0, 0.1) is 5.92 Å². The first-order valence-corrected chi connectivity index (χ1v) is 7.54. The lowest BCUT2D eigenvalue weighted by atomic mass is 10.2. The third-order valence-electron chi connectivity index (χ3n) is 3.90. The Balaban J connectivity index is 2.03. The van der Waals surface area contributed by atoms with E-state index >= 15 is 0 Å². The molecule has 1 aliphatic rings. The quantitative estimate of drug-likeness (QED) is 0.789. The maximum absolute atomic E-state index is 4.74. The van der Waals surface area contributed by atoms with E-state index in [0.29, 0.717) is 0 Å². The van der Waals surface area contributed by atoms with Gasteiger partial charge in [0.1, 0.15) is 0 Å². The molecular weight excluding hydrogens is 234 g/mol. The van der Waals surface area contributed by atoms with Gasteiger partial charge in [-0.1, -0.05) is 19.9 Å². The van der Waals surface area contributed by atoms with Gasteiger partial charge in [-0.2, -0.15) is 5.10 Å². The Morgan fingerprint density at radius 3 is 2.84 bits per heavy atom. The van der Waals surface area contributed by atoms with Gasteiger partial charge >= 0.3 is 0 Å². The molecule has 0 saturated heterocycles. The van der Waals surface area contributed by atoms with Crippen molar-refractivity contribution in [3.63, 3.8) is 0 Å². The van der Waals surface area contributed by atoms with E-state index in [-0.39, 0.29) is 0 Å². The van der Waals surface area contributed by atoms with Crippen LogP contribution in [-0.4, -0.2) is 22.7 Å². The monoisotopic (exact) mass is 257 g/mol. The Morgan fingerprint density at radius 1 is 1.32 bits per heavy atom. The summed E-state index contributed by atoms with van der Waals surface area (Å²) >= 11 is 0. The van der Waals surface area contributed by atoms with E-state index < -0.39 is 0 Å². The number of pyridine rings is 1. The minimum absolute atomic E-state index is 0.912. The summed E-state index contributed by atoms with van der Waals surface area (Å²) in [6, 6.07) is 6.35. The van der Waals surface area contributed by atoms with E-state index in [9.17, 15) is 0 Å². The SMILES string of the molecule is CCCN(CC1CC1)c1c(CC)nn2ccccc12. The van der Waals surface area contributed by atoms with Gasteiger partial charge in [-0.05, 0) is 43.7 Å². The van der Waals surface area contributed by atoms with Gasteiger partial charge in [0.25, 0.3) is 0 Å². The Hall–Kier alpha value is -1.51. The van der Waals surface area contributed by atoms with E-state index in [1.165, 1.54) is 42.7 Å². The summed E-state index contributed by atoms with van der Waals surface area (Å²) in [6.45, 7) is 6.81. The van der Waals surface area contributed by atoms with E-state index in [2.05, 4.69) is 37.1 Å². The second kappa shape index (κ2) is 5.24. The van der Waals surface area contributed by atoms with E-state index in [1.807, 2.05) is 10.6 Å². The minimum atomic E-state index is 0.912. The molecule has 0 unspecified atom stereocenters. The van der Waals surface area contributed by atoms with Crippen molar-refractivity contribution in [3.8, 4) is 0 Å². The topological polar surface area (TPSA) is 20.5 Å². The van der Waals surface area contributed by atoms with Gasteiger partial charge < -0.3 is 4.90 Å². The molecule has 0 N–H and O–H groups in total. The number of aryl methyl sites for hydroxylation is 1. The molecule has 0 aromatic carbocycles. The summed E-state index contributed by atoms with van der Waals surface area (Å²) in [5.74, 6) is 0.912. The van der Waals surface area contributed by atoms with Gasteiger partial charge in [-0.25, -0.2) is 4.52 Å². The lowest BCUT2D eigenvalue weighted by Gasteiger charge is -2.24. The first kappa shape index (κ1) is 12.5. The second-order valence-corrected chi connectivity index (χ2v) is 5.57. The molecule has 1 saturated carbocycles. The lowest BCUT2D eigenvalue weighted by molar-refractivity contribution is 0.706. The van der Waals surface area contributed by atoms with Crippen molar-refractivity contribution in [1.29, 1.82) is 0 Å². The van der Waals surface area contributed by atoms with Gasteiger partial charge in [0, 0.05) is 19.3 Å². The number of hydrogen-bond acceptors (Lipinski definition) is 2. The van der Waals surface area contributed by atoms with Crippen LogP contribution in [-0.2, 0) is 6.42 Å². The molecule has 2 aromatic heterocycles. The minimum Gasteiger partial charge on any atom is -0.368 e. The van der Waals surface area contributed by atoms with Crippen LogP contribution in [0.25, 0.3) is 5.52 Å². The molecule has 0 spiro atoms. The molecular formula is C16H23N3. The normalized spacial score (nSPS) is 15.1. The highest BCUT2D eigenvalue weighted by molar-refractivity contribution is 5.76. The van der Waals surface area contributed by atoms with Crippen molar-refractivity contribution in [1.82, 2.24) is 9.61 Å². The number of fused-ring (bicyclic) bond motifs is 1. The average molecular weight is 257 g/mol. The van der Waals surface area contributed by atoms with Gasteiger partial charge in [0.15, 0.2) is 0 Å². The van der Waals surface area contributed by atoms with Gasteiger partial charge in [0.2, 0.25) is 0 Å². The summed E-state index contributed by atoms with van der Waals surface area (Å²) in [5, 5.41) is 4.74. The molecule has 1 aliphatic carbocycles. The highest BCUT2D eigenvalue weighted by Gasteiger charge is 2.26. The maximum Gasteiger partial charge on any atom is 0.0898 e. The third-order valence-corrected chi connectivity index (χ3v) is 3.90. The zero-order valence-electron chi connectivity index (χ0n) is 12.0. The van der Waals surface area contributed by atoms with Crippen molar-refractivity contribution >= 4 is 11.2 Å². The van der Waals surface area contributed by atoms with Gasteiger partial charge in [-0.15, -0.1) is 0 Å². The molecule has 102 valence electrons. The van der Waals surface area contributed by atoms with E-state index in [0.717, 1.165) is 18.9 Å². The third kappa shape index (κ3) is 2.46. The highest BCUT2D eigenvalue weighted by Crippen LogP contribution is 2.34.